The van der Waals surface area contributed by atoms with Crippen molar-refractivity contribution in [1.29, 1.82) is 0 Å². The normalized spacial score (nSPS) is 2.00. The molecule has 28 valence electrons. The molecule has 0 aromatic heterocycles. The summed E-state index contributed by atoms with van der Waals surface area (Å²) in [7, 11) is 1.32. The zero-order valence-electron chi connectivity index (χ0n) is 2.15. The van der Waals surface area contributed by atoms with Crippen LogP contribution in [0.4, 0.5) is 0 Å². The first-order chi connectivity index (χ1) is 1.00. The van der Waals surface area contributed by atoms with E-state index >= 15 is 0 Å². The molecule has 0 nitrogen and oxygen atoms in total. The zero-order valence-corrected chi connectivity index (χ0v) is 8.47. The molecule has 0 N–H and O–H groups in total. The molecule has 0 atom stereocenters. The van der Waals surface area contributed by atoms with Crippen LogP contribution in [0.1, 0.15) is 0 Å². The standard InChI is InChI=1S/Co.Cr.Mo.H3Si/h;;;1H3. The van der Waals surface area contributed by atoms with Crippen LogP contribution in [0.3, 0.4) is 0 Å². The first-order valence-corrected chi connectivity index (χ1v) is 7.25. The fourth-order valence-electron chi connectivity index (χ4n) is 0. The first kappa shape index (κ1) is 16.8. The quantitative estimate of drug-likeness (QED) is 0.465. The van der Waals surface area contributed by atoms with Crippen LogP contribution in [-0.2, 0) is 53.2 Å². The van der Waals surface area contributed by atoms with Gasteiger partial charge in [0, 0.05) is 34.1 Å². The van der Waals surface area contributed by atoms with Gasteiger partial charge >= 0.3 is 27.3 Å². The van der Waals surface area contributed by atoms with E-state index in [2.05, 4.69) is 19.1 Å². The molecular formula is H3CoCrMoSi. The van der Waals surface area contributed by atoms with Gasteiger partial charge < -0.3 is 0 Å². The van der Waals surface area contributed by atoms with Crippen LogP contribution < -0.4 is 0 Å². The molecule has 1 radical (unpaired) electrons. The van der Waals surface area contributed by atoms with E-state index in [1.54, 1.807) is 0 Å². The third kappa shape index (κ3) is 9.05. The van der Waals surface area contributed by atoms with E-state index in [9.17, 15) is 0 Å². The van der Waals surface area contributed by atoms with E-state index in [1.807, 2.05) is 0 Å². The Morgan fingerprint density at radius 3 is 1.25 bits per heavy atom. The van der Waals surface area contributed by atoms with E-state index < -0.39 is 0 Å². The van der Waals surface area contributed by atoms with Crippen LogP contribution >= 0.6 is 0 Å². The Morgan fingerprint density at radius 2 is 1.25 bits per heavy atom. The summed E-state index contributed by atoms with van der Waals surface area (Å²) in [5, 5.41) is 0. The Morgan fingerprint density at radius 1 is 1.25 bits per heavy atom. The molecule has 0 rings (SSSR count). The Balaban J connectivity index is -0.00000000500. The van der Waals surface area contributed by atoms with Gasteiger partial charge in [0.25, 0.3) is 0 Å². The van der Waals surface area contributed by atoms with Crippen molar-refractivity contribution < 1.29 is 53.2 Å². The van der Waals surface area contributed by atoms with Crippen molar-refractivity contribution in [2.24, 2.45) is 0 Å². The summed E-state index contributed by atoms with van der Waals surface area (Å²) in [6, 6.07) is 0. The second kappa shape index (κ2) is 20.3. The van der Waals surface area contributed by atoms with Crippen LogP contribution in [0.15, 0.2) is 0 Å². The fraction of sp³-hybridized carbons (Fsp3) is 0. The maximum atomic E-state index is 2.09. The molecule has 0 fully saturated rings. The molecule has 0 spiro atoms. The summed E-state index contributed by atoms with van der Waals surface area (Å²) in [5.74, 6) is 0. The zero-order chi connectivity index (χ0) is 2.00. The van der Waals surface area contributed by atoms with Crippen molar-refractivity contribution in [1.82, 2.24) is 0 Å². The molecule has 0 unspecified atom stereocenters. The average Bonchev–Trinajstić information content (AvgIpc) is 1.00. The van der Waals surface area contributed by atoms with Gasteiger partial charge in [-0.05, 0) is 0 Å². The van der Waals surface area contributed by atoms with E-state index in [-0.39, 0.29) is 34.1 Å². The van der Waals surface area contributed by atoms with Gasteiger partial charge in [-0.2, -0.15) is 0 Å². The van der Waals surface area contributed by atoms with E-state index in [4.69, 9.17) is 0 Å². The molecular weight excluding hydrogens is 235 g/mol. The molecule has 0 aliphatic carbocycles. The molecule has 0 aromatic rings. The summed E-state index contributed by atoms with van der Waals surface area (Å²) >= 11 is 2.09. The second-order valence-electron chi connectivity index (χ2n) is 0. The molecule has 4 heavy (non-hydrogen) atoms. The number of hydrogen-bond acceptors (Lipinski definition) is 0. The van der Waals surface area contributed by atoms with Crippen LogP contribution in [-0.4, -0.2) is 8.21 Å². The van der Waals surface area contributed by atoms with Crippen molar-refractivity contribution in [3.05, 3.63) is 0 Å². The van der Waals surface area contributed by atoms with E-state index in [0.717, 1.165) is 0 Å². The molecule has 0 saturated carbocycles. The van der Waals surface area contributed by atoms with Crippen LogP contribution in [0.2, 0.25) is 0 Å². The average molecular weight is 238 g/mol. The Hall–Kier alpha value is 1.94. The molecule has 0 aliphatic heterocycles. The van der Waals surface area contributed by atoms with Gasteiger partial charge in [-0.1, -0.05) is 0 Å². The maximum absolute atomic E-state index is 2.09. The van der Waals surface area contributed by atoms with Gasteiger partial charge in [-0.15, -0.1) is 0 Å². The van der Waals surface area contributed by atoms with Crippen molar-refractivity contribution >= 4 is 8.21 Å². The topological polar surface area (TPSA) is 0 Å². The molecule has 0 saturated heterocycles. The number of hydrogen-bond donors (Lipinski definition) is 0. The van der Waals surface area contributed by atoms with Crippen LogP contribution in [0, 0.1) is 0 Å². The third-order valence-electron chi connectivity index (χ3n) is 0. The second-order valence-corrected chi connectivity index (χ2v) is 0. The van der Waals surface area contributed by atoms with E-state index in [0.29, 0.717) is 0 Å². The summed E-state index contributed by atoms with van der Waals surface area (Å²) in [6.45, 7) is 0. The third-order valence-corrected chi connectivity index (χ3v) is 0. The predicted octanol–water partition coefficient (Wildman–Crippen LogP) is -1.19. The van der Waals surface area contributed by atoms with E-state index in [1.165, 1.54) is 8.21 Å². The summed E-state index contributed by atoms with van der Waals surface area (Å²) < 4.78 is 0. The van der Waals surface area contributed by atoms with Crippen molar-refractivity contribution in [3.63, 3.8) is 0 Å². The summed E-state index contributed by atoms with van der Waals surface area (Å²) in [6.07, 6.45) is 0. The number of rotatable bonds is 0. The Labute approximate surface area is 61.0 Å². The molecule has 4 heteroatoms. The fourth-order valence-corrected chi connectivity index (χ4v) is 0. The van der Waals surface area contributed by atoms with Crippen molar-refractivity contribution in [3.8, 4) is 0 Å². The summed E-state index contributed by atoms with van der Waals surface area (Å²) in [4.78, 5) is 0. The van der Waals surface area contributed by atoms with Crippen molar-refractivity contribution in [2.75, 3.05) is 0 Å². The molecule has 0 aromatic carbocycles. The first-order valence-electron chi connectivity index (χ1n) is 0.408. The Kier molecular flexibility index (Phi) is 85.3. The molecule has 0 heterocycles. The summed E-state index contributed by atoms with van der Waals surface area (Å²) in [5.41, 5.74) is 0. The molecule has 0 bridgehead atoms. The van der Waals surface area contributed by atoms with Gasteiger partial charge in [0.15, 0.2) is 0 Å². The minimum absolute atomic E-state index is 0. The van der Waals surface area contributed by atoms with Gasteiger partial charge in [-0.3, -0.25) is 0 Å². The SMILES string of the molecule is [Co].[Cr].[SiH3][Mo]. The van der Waals surface area contributed by atoms with Crippen LogP contribution in [0.25, 0.3) is 0 Å². The van der Waals surface area contributed by atoms with Crippen molar-refractivity contribution in [2.45, 2.75) is 0 Å². The monoisotopic (exact) mass is 240 g/mol. The minimum atomic E-state index is 0. The van der Waals surface area contributed by atoms with Gasteiger partial charge in [0.1, 0.15) is 0 Å². The van der Waals surface area contributed by atoms with Gasteiger partial charge in [0.2, 0.25) is 0 Å². The Bertz CT molecular complexity index is 8.00. The van der Waals surface area contributed by atoms with Crippen LogP contribution in [0.5, 0.6) is 0 Å². The predicted molar refractivity (Wildman–Crippen MR) is 9.94 cm³/mol. The molecule has 0 amide bonds. The molecule has 0 aliphatic rings. The van der Waals surface area contributed by atoms with Gasteiger partial charge in [0.05, 0.1) is 0 Å². The van der Waals surface area contributed by atoms with Gasteiger partial charge in [-0.25, -0.2) is 0 Å².